The first-order chi connectivity index (χ1) is 20.1. The molecule has 3 heterocycles. The molecule has 2 N–H and O–H groups in total. The van der Waals surface area contributed by atoms with Crippen molar-refractivity contribution in [3.8, 4) is 5.75 Å². The number of carbonyl (C=O) groups is 4. The first kappa shape index (κ1) is 29.6. The summed E-state index contributed by atoms with van der Waals surface area (Å²) in [5.41, 5.74) is 1.54. The topological polar surface area (TPSA) is 108 Å². The van der Waals surface area contributed by atoms with Gasteiger partial charge in [-0.3, -0.25) is 19.2 Å². The van der Waals surface area contributed by atoms with Crippen LogP contribution in [0.3, 0.4) is 0 Å². The molecule has 42 heavy (non-hydrogen) atoms. The van der Waals surface area contributed by atoms with Gasteiger partial charge in [-0.05, 0) is 76.1 Å². The first-order valence-electron chi connectivity index (χ1n) is 15.1. The van der Waals surface area contributed by atoms with Crippen LogP contribution in [-0.2, 0) is 32.0 Å². The van der Waals surface area contributed by atoms with Crippen LogP contribution in [-0.4, -0.2) is 76.3 Å². The van der Waals surface area contributed by atoms with Crippen LogP contribution < -0.4 is 15.4 Å². The Kier molecular flexibility index (Phi) is 8.85. The molecule has 4 atom stereocenters. The van der Waals surface area contributed by atoms with E-state index in [9.17, 15) is 19.2 Å². The van der Waals surface area contributed by atoms with Crippen molar-refractivity contribution < 1.29 is 23.9 Å². The second kappa shape index (κ2) is 12.5. The van der Waals surface area contributed by atoms with Crippen LogP contribution in [0.15, 0.2) is 54.6 Å². The van der Waals surface area contributed by atoms with Crippen molar-refractivity contribution in [3.05, 3.63) is 65.7 Å². The van der Waals surface area contributed by atoms with Crippen LogP contribution >= 0.6 is 0 Å². The Hall–Kier alpha value is -3.88. The smallest absolute Gasteiger partial charge is 0.246 e. The van der Waals surface area contributed by atoms with Gasteiger partial charge >= 0.3 is 0 Å². The van der Waals surface area contributed by atoms with Gasteiger partial charge in [0.05, 0.1) is 0 Å². The fourth-order valence-electron chi connectivity index (χ4n) is 6.31. The normalized spacial score (nSPS) is 25.5. The molecule has 4 amide bonds. The predicted octanol–water partition coefficient (Wildman–Crippen LogP) is 3.00. The van der Waals surface area contributed by atoms with E-state index < -0.39 is 24.2 Å². The number of nitrogens with zero attached hydrogens (tertiary/aromatic N) is 2. The quantitative estimate of drug-likeness (QED) is 0.571. The fraction of sp³-hybridized carbons (Fsp3) is 0.515. The Morgan fingerprint density at radius 1 is 0.762 bits per heavy atom. The van der Waals surface area contributed by atoms with Gasteiger partial charge in [-0.25, -0.2) is 0 Å². The van der Waals surface area contributed by atoms with Gasteiger partial charge in [0, 0.05) is 32.0 Å². The van der Waals surface area contributed by atoms with Crippen molar-refractivity contribution in [1.82, 2.24) is 20.4 Å². The molecule has 5 rings (SSSR count). The molecule has 0 aliphatic carbocycles. The van der Waals surface area contributed by atoms with Crippen LogP contribution in [0.4, 0.5) is 0 Å². The van der Waals surface area contributed by atoms with Gasteiger partial charge in [0.1, 0.15) is 29.5 Å². The molecular formula is C33H42N4O5. The summed E-state index contributed by atoms with van der Waals surface area (Å²) in [6.07, 6.45) is 3.30. The van der Waals surface area contributed by atoms with E-state index in [2.05, 4.69) is 10.6 Å². The van der Waals surface area contributed by atoms with E-state index in [0.717, 1.165) is 23.3 Å². The summed E-state index contributed by atoms with van der Waals surface area (Å²) < 4.78 is 5.94. The maximum Gasteiger partial charge on any atom is 0.246 e. The highest BCUT2D eigenvalue weighted by Crippen LogP contribution is 2.27. The van der Waals surface area contributed by atoms with Gasteiger partial charge in [-0.2, -0.15) is 0 Å². The average molecular weight is 575 g/mol. The van der Waals surface area contributed by atoms with Gasteiger partial charge < -0.3 is 25.2 Å². The zero-order valence-corrected chi connectivity index (χ0v) is 24.8. The maximum atomic E-state index is 13.9. The number of rotatable bonds is 5. The van der Waals surface area contributed by atoms with Gasteiger partial charge in [-0.15, -0.1) is 0 Å². The molecule has 9 heteroatoms. The van der Waals surface area contributed by atoms with Crippen molar-refractivity contribution >= 4 is 23.6 Å². The highest BCUT2D eigenvalue weighted by Gasteiger charge is 2.44. The van der Waals surface area contributed by atoms with Crippen LogP contribution in [0.25, 0.3) is 0 Å². The second-order valence-corrected chi connectivity index (χ2v) is 12.7. The number of hydrogen-bond acceptors (Lipinski definition) is 5. The second-order valence-electron chi connectivity index (χ2n) is 12.7. The van der Waals surface area contributed by atoms with Crippen molar-refractivity contribution in [2.75, 3.05) is 13.1 Å². The Morgan fingerprint density at radius 3 is 2.05 bits per heavy atom. The first-order valence-corrected chi connectivity index (χ1v) is 15.1. The summed E-state index contributed by atoms with van der Waals surface area (Å²) in [5.74, 6) is -0.239. The van der Waals surface area contributed by atoms with Gasteiger partial charge in [0.15, 0.2) is 0 Å². The molecule has 2 aromatic carbocycles. The third-order valence-electron chi connectivity index (χ3n) is 8.18. The van der Waals surface area contributed by atoms with Crippen LogP contribution in [0.2, 0.25) is 0 Å². The SMILES string of the molecule is CC(C)(C)Oc1ccc(CC2CC(=O)NC(Cc3ccccc3)C(=O)N3CCCC3C(=O)N3CCCC3C(=O)N2)cc1. The van der Waals surface area contributed by atoms with Gasteiger partial charge in [0.25, 0.3) is 0 Å². The number of amides is 4. The van der Waals surface area contributed by atoms with E-state index in [0.29, 0.717) is 45.2 Å². The Morgan fingerprint density at radius 2 is 1.38 bits per heavy atom. The third kappa shape index (κ3) is 7.12. The highest BCUT2D eigenvalue weighted by molar-refractivity contribution is 5.95. The molecule has 0 aromatic heterocycles. The molecule has 0 bridgehead atoms. The van der Waals surface area contributed by atoms with Crippen LogP contribution in [0, 0.1) is 0 Å². The zero-order chi connectivity index (χ0) is 29.9. The molecule has 2 aromatic rings. The monoisotopic (exact) mass is 574 g/mol. The lowest BCUT2D eigenvalue weighted by molar-refractivity contribution is -0.147. The Labute approximate surface area is 248 Å². The molecule has 4 unspecified atom stereocenters. The molecule has 3 fully saturated rings. The number of fused-ring (bicyclic) bond motifs is 2. The molecule has 0 radical (unpaired) electrons. The fourth-order valence-corrected chi connectivity index (χ4v) is 6.31. The molecular weight excluding hydrogens is 532 g/mol. The molecule has 224 valence electrons. The number of nitrogens with one attached hydrogen (secondary N) is 2. The number of hydrogen-bond donors (Lipinski definition) is 2. The van der Waals surface area contributed by atoms with E-state index in [-0.39, 0.29) is 35.7 Å². The Balaban J connectivity index is 1.42. The lowest BCUT2D eigenvalue weighted by Crippen LogP contribution is -2.56. The number of benzene rings is 2. The molecule has 3 aliphatic heterocycles. The van der Waals surface area contributed by atoms with Crippen LogP contribution in [0.1, 0.15) is 64.0 Å². The summed E-state index contributed by atoms with van der Waals surface area (Å²) >= 11 is 0. The summed E-state index contributed by atoms with van der Waals surface area (Å²) in [6.45, 7) is 6.90. The minimum absolute atomic E-state index is 0.00858. The Bertz CT molecular complexity index is 1290. The van der Waals surface area contributed by atoms with E-state index >= 15 is 0 Å². The largest absolute Gasteiger partial charge is 0.488 e. The summed E-state index contributed by atoms with van der Waals surface area (Å²) in [7, 11) is 0. The average Bonchev–Trinajstić information content (AvgIpc) is 3.63. The molecule has 3 aliphatic rings. The minimum atomic E-state index is -0.811. The van der Waals surface area contributed by atoms with E-state index in [1.54, 1.807) is 9.80 Å². The van der Waals surface area contributed by atoms with Crippen molar-refractivity contribution in [1.29, 1.82) is 0 Å². The molecule has 9 nitrogen and oxygen atoms in total. The van der Waals surface area contributed by atoms with Gasteiger partial charge in [-0.1, -0.05) is 42.5 Å². The highest BCUT2D eigenvalue weighted by atomic mass is 16.5. The number of ether oxygens (including phenoxy) is 1. The molecule has 0 saturated carbocycles. The zero-order valence-electron chi connectivity index (χ0n) is 24.8. The maximum absolute atomic E-state index is 13.9. The lowest BCUT2D eigenvalue weighted by atomic mass is 10.0. The summed E-state index contributed by atoms with van der Waals surface area (Å²) in [5, 5.41) is 6.06. The molecule has 3 saturated heterocycles. The van der Waals surface area contributed by atoms with E-state index in [1.165, 1.54) is 0 Å². The van der Waals surface area contributed by atoms with Crippen molar-refractivity contribution in [3.63, 3.8) is 0 Å². The third-order valence-corrected chi connectivity index (χ3v) is 8.18. The van der Waals surface area contributed by atoms with Crippen molar-refractivity contribution in [2.24, 2.45) is 0 Å². The number of carbonyl (C=O) groups excluding carboxylic acids is 4. The molecule has 0 spiro atoms. The predicted molar refractivity (Wildman–Crippen MR) is 159 cm³/mol. The standard InChI is InChI=1S/C33H42N4O5/c1-33(2,3)42-25-15-13-23(14-16-25)19-24-21-29(38)35-26(20-22-9-5-4-6-10-22)31(40)37-18-8-12-28(37)32(41)36-17-7-11-27(36)30(39)34-24/h4-6,9-10,13-16,24,26-28H,7-8,11-12,17-21H2,1-3H3,(H,34,39)(H,35,38). The van der Waals surface area contributed by atoms with E-state index in [4.69, 9.17) is 4.74 Å². The summed E-state index contributed by atoms with van der Waals surface area (Å²) in [4.78, 5) is 58.1. The van der Waals surface area contributed by atoms with Crippen LogP contribution in [0.5, 0.6) is 5.75 Å². The minimum Gasteiger partial charge on any atom is -0.488 e. The summed E-state index contributed by atoms with van der Waals surface area (Å²) in [6, 6.07) is 14.7. The van der Waals surface area contributed by atoms with Crippen molar-refractivity contribution in [2.45, 2.75) is 95.5 Å². The van der Waals surface area contributed by atoms with Gasteiger partial charge in [0.2, 0.25) is 23.6 Å². The van der Waals surface area contributed by atoms with E-state index in [1.807, 2.05) is 75.4 Å². The lowest BCUT2D eigenvalue weighted by Gasteiger charge is -2.32.